The number of fused-ring (bicyclic) bond motifs is 1. The van der Waals surface area contributed by atoms with Crippen molar-refractivity contribution in [3.63, 3.8) is 0 Å². The van der Waals surface area contributed by atoms with Gasteiger partial charge in [0.2, 0.25) is 0 Å². The minimum absolute atomic E-state index is 0.0842. The number of amides is 1. The summed E-state index contributed by atoms with van der Waals surface area (Å²) in [5.74, 6) is 0.489. The molecule has 0 saturated heterocycles. The highest BCUT2D eigenvalue weighted by atomic mass is 16.2. The molecule has 1 saturated carbocycles. The molecule has 1 amide bonds. The second kappa shape index (κ2) is 6.55. The predicted octanol–water partition coefficient (Wildman–Crippen LogP) is 3.55. The van der Waals surface area contributed by atoms with Gasteiger partial charge in [-0.2, -0.15) is 5.10 Å². The topological polar surface area (TPSA) is 90.6 Å². The van der Waals surface area contributed by atoms with E-state index < -0.39 is 11.5 Å². The molecule has 3 aromatic rings. The van der Waals surface area contributed by atoms with Crippen LogP contribution in [0.25, 0.3) is 10.9 Å². The average Bonchev–Trinajstić information content (AvgIpc) is 3.10. The monoisotopic (exact) mass is 336 g/mol. The molecule has 2 aromatic heterocycles. The van der Waals surface area contributed by atoms with Gasteiger partial charge in [0.05, 0.1) is 0 Å². The molecule has 1 aromatic carbocycles. The van der Waals surface area contributed by atoms with Crippen molar-refractivity contribution in [1.29, 1.82) is 0 Å². The van der Waals surface area contributed by atoms with Gasteiger partial charge >= 0.3 is 0 Å². The number of para-hydroxylation sites is 1. The number of benzene rings is 1. The van der Waals surface area contributed by atoms with E-state index in [1.54, 1.807) is 6.07 Å². The second-order valence-electron chi connectivity index (χ2n) is 6.60. The van der Waals surface area contributed by atoms with E-state index in [4.69, 9.17) is 0 Å². The molecule has 3 N–H and O–H groups in total. The van der Waals surface area contributed by atoms with E-state index in [-0.39, 0.29) is 5.56 Å². The van der Waals surface area contributed by atoms with Gasteiger partial charge in [0.1, 0.15) is 5.56 Å². The van der Waals surface area contributed by atoms with Gasteiger partial charge in [0.25, 0.3) is 11.5 Å². The van der Waals surface area contributed by atoms with Gasteiger partial charge in [-0.1, -0.05) is 37.5 Å². The number of nitrogens with zero attached hydrogens (tertiary/aromatic N) is 1. The first-order chi connectivity index (χ1) is 12.2. The molecular formula is C19H20N4O2. The number of hydrogen-bond acceptors (Lipinski definition) is 3. The van der Waals surface area contributed by atoms with E-state index in [0.29, 0.717) is 17.3 Å². The number of carbonyl (C=O) groups excluding carboxylic acids is 1. The van der Waals surface area contributed by atoms with Gasteiger partial charge in [-0.15, -0.1) is 0 Å². The van der Waals surface area contributed by atoms with Gasteiger partial charge in [-0.05, 0) is 30.4 Å². The number of nitrogens with one attached hydrogen (secondary N) is 3. The molecule has 1 aliphatic carbocycles. The summed E-state index contributed by atoms with van der Waals surface area (Å²) in [4.78, 5) is 27.4. The number of rotatable bonds is 3. The Labute approximate surface area is 144 Å². The highest BCUT2D eigenvalue weighted by Crippen LogP contribution is 2.32. The highest BCUT2D eigenvalue weighted by molar-refractivity contribution is 6.05. The minimum Gasteiger partial charge on any atom is -0.321 e. The van der Waals surface area contributed by atoms with Crippen LogP contribution in [0.4, 0.5) is 5.82 Å². The molecule has 6 nitrogen and oxygen atoms in total. The van der Waals surface area contributed by atoms with Gasteiger partial charge in [-0.25, -0.2) is 0 Å². The fourth-order valence-corrected chi connectivity index (χ4v) is 3.52. The summed E-state index contributed by atoms with van der Waals surface area (Å²) in [6.07, 6.45) is 6.06. The molecule has 0 spiro atoms. The first kappa shape index (κ1) is 15.6. The van der Waals surface area contributed by atoms with Crippen LogP contribution in [0.3, 0.4) is 0 Å². The number of pyridine rings is 1. The van der Waals surface area contributed by atoms with Crippen LogP contribution in [0.15, 0.2) is 41.2 Å². The summed E-state index contributed by atoms with van der Waals surface area (Å²) in [6, 6.07) is 10.9. The lowest BCUT2D eigenvalue weighted by molar-refractivity contribution is 0.102. The Bertz CT molecular complexity index is 967. The van der Waals surface area contributed by atoms with Crippen molar-refractivity contribution in [2.45, 2.75) is 38.0 Å². The van der Waals surface area contributed by atoms with E-state index in [9.17, 15) is 9.59 Å². The summed E-state index contributed by atoms with van der Waals surface area (Å²) in [5, 5.41) is 10.7. The fourth-order valence-electron chi connectivity index (χ4n) is 3.52. The quantitative estimate of drug-likeness (QED) is 0.683. The molecule has 0 atom stereocenters. The van der Waals surface area contributed by atoms with Crippen molar-refractivity contribution in [3.05, 3.63) is 58.0 Å². The van der Waals surface area contributed by atoms with Crippen molar-refractivity contribution in [2.24, 2.45) is 0 Å². The normalized spacial score (nSPS) is 15.4. The van der Waals surface area contributed by atoms with Crippen LogP contribution in [0.5, 0.6) is 0 Å². The van der Waals surface area contributed by atoms with Crippen LogP contribution < -0.4 is 10.9 Å². The van der Waals surface area contributed by atoms with E-state index in [1.165, 1.54) is 19.3 Å². The van der Waals surface area contributed by atoms with E-state index in [0.717, 1.165) is 23.9 Å². The molecule has 0 radical (unpaired) electrons. The standard InChI is InChI=1S/C19H20N4O2/c24-18-14(10-13-8-4-5-9-15(13)20-18)19(25)21-17-11-16(22-23-17)12-6-2-1-3-7-12/h4-5,8-12H,1-3,6-7H2,(H,20,24)(H2,21,22,23,25). The number of carbonyl (C=O) groups is 1. The Morgan fingerprint density at radius 2 is 1.92 bits per heavy atom. The maximum absolute atomic E-state index is 12.5. The van der Waals surface area contributed by atoms with Crippen molar-refractivity contribution in [2.75, 3.05) is 5.32 Å². The Morgan fingerprint density at radius 1 is 1.12 bits per heavy atom. The lowest BCUT2D eigenvalue weighted by atomic mass is 9.87. The molecule has 25 heavy (non-hydrogen) atoms. The summed E-state index contributed by atoms with van der Waals surface area (Å²) >= 11 is 0. The summed E-state index contributed by atoms with van der Waals surface area (Å²) in [5.41, 5.74) is 1.45. The molecule has 6 heteroatoms. The molecule has 2 heterocycles. The highest BCUT2D eigenvalue weighted by Gasteiger charge is 2.19. The largest absolute Gasteiger partial charge is 0.321 e. The minimum atomic E-state index is -0.450. The van der Waals surface area contributed by atoms with E-state index in [1.807, 2.05) is 30.3 Å². The van der Waals surface area contributed by atoms with E-state index in [2.05, 4.69) is 20.5 Å². The Balaban J connectivity index is 1.55. The molecule has 4 rings (SSSR count). The third-order valence-corrected chi connectivity index (χ3v) is 4.88. The van der Waals surface area contributed by atoms with Gasteiger partial charge in [-0.3, -0.25) is 14.7 Å². The van der Waals surface area contributed by atoms with Gasteiger partial charge in [0, 0.05) is 23.2 Å². The second-order valence-corrected chi connectivity index (χ2v) is 6.60. The number of aromatic amines is 2. The van der Waals surface area contributed by atoms with Crippen LogP contribution in [0.1, 0.15) is 54.1 Å². The van der Waals surface area contributed by atoms with Crippen LogP contribution in [0, 0.1) is 0 Å². The third kappa shape index (κ3) is 3.20. The molecule has 128 valence electrons. The number of hydrogen-bond donors (Lipinski definition) is 3. The van der Waals surface area contributed by atoms with Crippen molar-refractivity contribution >= 4 is 22.6 Å². The summed E-state index contributed by atoms with van der Waals surface area (Å²) in [7, 11) is 0. The number of H-pyrrole nitrogens is 2. The van der Waals surface area contributed by atoms with E-state index >= 15 is 0 Å². The predicted molar refractivity (Wildman–Crippen MR) is 96.9 cm³/mol. The molecule has 1 aliphatic rings. The zero-order valence-electron chi connectivity index (χ0n) is 13.8. The van der Waals surface area contributed by atoms with Crippen molar-refractivity contribution < 1.29 is 4.79 Å². The Kier molecular flexibility index (Phi) is 4.09. The third-order valence-electron chi connectivity index (χ3n) is 4.88. The maximum Gasteiger partial charge on any atom is 0.262 e. The van der Waals surface area contributed by atoms with Crippen molar-refractivity contribution in [3.8, 4) is 0 Å². The first-order valence-corrected chi connectivity index (χ1v) is 8.69. The summed E-state index contributed by atoms with van der Waals surface area (Å²) < 4.78 is 0. The molecule has 1 fully saturated rings. The van der Waals surface area contributed by atoms with Crippen LogP contribution in [-0.4, -0.2) is 21.1 Å². The van der Waals surface area contributed by atoms with Crippen LogP contribution in [-0.2, 0) is 0 Å². The zero-order valence-corrected chi connectivity index (χ0v) is 13.8. The molecule has 0 aliphatic heterocycles. The molecule has 0 bridgehead atoms. The smallest absolute Gasteiger partial charge is 0.262 e. The number of aromatic nitrogens is 3. The SMILES string of the molecule is O=C(Nc1cc(C2CCCCC2)[nH]n1)c1cc2ccccc2[nH]c1=O. The van der Waals surface area contributed by atoms with Crippen LogP contribution in [0.2, 0.25) is 0 Å². The molecule has 0 unspecified atom stereocenters. The Morgan fingerprint density at radius 3 is 2.76 bits per heavy atom. The van der Waals surface area contributed by atoms with Gasteiger partial charge in [0.15, 0.2) is 5.82 Å². The van der Waals surface area contributed by atoms with Gasteiger partial charge < -0.3 is 10.3 Å². The number of anilines is 1. The first-order valence-electron chi connectivity index (χ1n) is 8.69. The summed E-state index contributed by atoms with van der Waals surface area (Å²) in [6.45, 7) is 0. The average molecular weight is 336 g/mol. The Hall–Kier alpha value is -2.89. The lowest BCUT2D eigenvalue weighted by Gasteiger charge is -2.19. The zero-order chi connectivity index (χ0) is 17.2. The molecular weight excluding hydrogens is 316 g/mol. The van der Waals surface area contributed by atoms with Crippen molar-refractivity contribution in [1.82, 2.24) is 15.2 Å². The lowest BCUT2D eigenvalue weighted by Crippen LogP contribution is -2.23. The maximum atomic E-state index is 12.5. The fraction of sp³-hybridized carbons (Fsp3) is 0.316. The van der Waals surface area contributed by atoms with Crippen LogP contribution >= 0.6 is 0 Å².